The molecule has 19 heavy (non-hydrogen) atoms. The molecule has 4 heteroatoms. The standard InChI is InChI=1S/C15H23ClN2O/c1-3-18-13(14(16)10(2)17-18)8-15(9-19)7-11-4-5-12(15)6-11/h11-12,19H,3-9H2,1-2H3. The highest BCUT2D eigenvalue weighted by Gasteiger charge is 2.51. The minimum Gasteiger partial charge on any atom is -0.396 e. The highest BCUT2D eigenvalue weighted by atomic mass is 35.5. The van der Waals surface area contributed by atoms with Crippen LogP contribution in [0.2, 0.25) is 5.02 Å². The molecular formula is C15H23ClN2O. The van der Waals surface area contributed by atoms with Crippen LogP contribution in [0.15, 0.2) is 0 Å². The number of aliphatic hydroxyl groups excluding tert-OH is 1. The largest absolute Gasteiger partial charge is 0.396 e. The Labute approximate surface area is 120 Å². The number of aromatic nitrogens is 2. The van der Waals surface area contributed by atoms with E-state index < -0.39 is 0 Å². The summed E-state index contributed by atoms with van der Waals surface area (Å²) in [4.78, 5) is 0. The monoisotopic (exact) mass is 282 g/mol. The van der Waals surface area contributed by atoms with Gasteiger partial charge in [0.25, 0.3) is 0 Å². The van der Waals surface area contributed by atoms with Crippen molar-refractivity contribution in [3.05, 3.63) is 16.4 Å². The smallest absolute Gasteiger partial charge is 0.0847 e. The second kappa shape index (κ2) is 4.78. The number of halogens is 1. The van der Waals surface area contributed by atoms with Gasteiger partial charge in [0.1, 0.15) is 0 Å². The van der Waals surface area contributed by atoms with Crippen molar-refractivity contribution in [2.45, 2.75) is 52.5 Å². The van der Waals surface area contributed by atoms with Crippen molar-refractivity contribution in [2.75, 3.05) is 6.61 Å². The minimum atomic E-state index is 0.0615. The molecular weight excluding hydrogens is 260 g/mol. The van der Waals surface area contributed by atoms with Gasteiger partial charge in [-0.1, -0.05) is 18.0 Å². The van der Waals surface area contributed by atoms with E-state index >= 15 is 0 Å². The van der Waals surface area contributed by atoms with Crippen LogP contribution in [-0.2, 0) is 13.0 Å². The third-order valence-corrected chi connectivity index (χ3v) is 5.88. The highest BCUT2D eigenvalue weighted by Crippen LogP contribution is 2.57. The zero-order valence-electron chi connectivity index (χ0n) is 11.8. The Kier molecular flexibility index (Phi) is 3.38. The first kappa shape index (κ1) is 13.4. The van der Waals surface area contributed by atoms with E-state index in [2.05, 4.69) is 12.0 Å². The zero-order valence-corrected chi connectivity index (χ0v) is 12.6. The number of nitrogens with zero attached hydrogens (tertiary/aromatic N) is 2. The molecule has 106 valence electrons. The van der Waals surface area contributed by atoms with E-state index in [0.29, 0.717) is 12.5 Å². The van der Waals surface area contributed by atoms with Gasteiger partial charge in [0, 0.05) is 18.6 Å². The molecule has 2 aliphatic rings. The summed E-state index contributed by atoms with van der Waals surface area (Å²) in [6.45, 7) is 5.19. The lowest BCUT2D eigenvalue weighted by atomic mass is 9.70. The van der Waals surface area contributed by atoms with Crippen LogP contribution >= 0.6 is 11.6 Å². The molecule has 3 unspecified atom stereocenters. The maximum Gasteiger partial charge on any atom is 0.0847 e. The molecule has 2 aliphatic carbocycles. The Balaban J connectivity index is 1.92. The molecule has 3 atom stereocenters. The molecule has 1 N–H and O–H groups in total. The fraction of sp³-hybridized carbons (Fsp3) is 0.800. The minimum absolute atomic E-state index is 0.0615. The molecule has 1 heterocycles. The predicted molar refractivity (Wildman–Crippen MR) is 76.3 cm³/mol. The first-order valence-electron chi connectivity index (χ1n) is 7.42. The van der Waals surface area contributed by atoms with E-state index in [1.165, 1.54) is 25.7 Å². The van der Waals surface area contributed by atoms with E-state index in [9.17, 15) is 5.11 Å². The molecule has 2 bridgehead atoms. The molecule has 0 radical (unpaired) electrons. The lowest BCUT2D eigenvalue weighted by molar-refractivity contribution is 0.0631. The summed E-state index contributed by atoms with van der Waals surface area (Å²) in [6.07, 6.45) is 5.99. The highest BCUT2D eigenvalue weighted by molar-refractivity contribution is 6.31. The first-order chi connectivity index (χ1) is 9.09. The second-order valence-corrected chi connectivity index (χ2v) is 6.82. The molecule has 0 aliphatic heterocycles. The fourth-order valence-corrected chi connectivity index (χ4v) is 4.60. The van der Waals surface area contributed by atoms with Gasteiger partial charge in [0.15, 0.2) is 0 Å². The molecule has 3 rings (SSSR count). The molecule has 2 fully saturated rings. The van der Waals surface area contributed by atoms with Gasteiger partial charge in [-0.15, -0.1) is 0 Å². The Hall–Kier alpha value is -0.540. The van der Waals surface area contributed by atoms with Crippen LogP contribution in [0.25, 0.3) is 0 Å². The van der Waals surface area contributed by atoms with Gasteiger partial charge >= 0.3 is 0 Å². The third-order valence-electron chi connectivity index (χ3n) is 5.39. The van der Waals surface area contributed by atoms with Gasteiger partial charge in [-0.3, -0.25) is 4.68 Å². The fourth-order valence-electron chi connectivity index (χ4n) is 4.40. The quantitative estimate of drug-likeness (QED) is 0.921. The third kappa shape index (κ3) is 2.02. The lowest BCUT2D eigenvalue weighted by Gasteiger charge is -2.36. The Morgan fingerprint density at radius 3 is 2.79 bits per heavy atom. The summed E-state index contributed by atoms with van der Waals surface area (Å²) < 4.78 is 2.01. The van der Waals surface area contributed by atoms with E-state index in [1.807, 2.05) is 11.6 Å². The summed E-state index contributed by atoms with van der Waals surface area (Å²) in [7, 11) is 0. The molecule has 0 amide bonds. The molecule has 3 nitrogen and oxygen atoms in total. The lowest BCUT2D eigenvalue weighted by Crippen LogP contribution is -2.35. The molecule has 0 aromatic carbocycles. The number of hydrogen-bond acceptors (Lipinski definition) is 2. The summed E-state index contributed by atoms with van der Waals surface area (Å²) in [5.74, 6) is 1.51. The summed E-state index contributed by atoms with van der Waals surface area (Å²) >= 11 is 6.43. The van der Waals surface area contributed by atoms with Crippen molar-refractivity contribution in [3.63, 3.8) is 0 Å². The Bertz CT molecular complexity index is 485. The van der Waals surface area contributed by atoms with E-state index in [0.717, 1.165) is 35.3 Å². The number of aliphatic hydroxyl groups is 1. The average molecular weight is 283 g/mol. The van der Waals surface area contributed by atoms with Gasteiger partial charge in [-0.25, -0.2) is 0 Å². The van der Waals surface area contributed by atoms with Gasteiger partial charge in [-0.05, 0) is 51.4 Å². The van der Waals surface area contributed by atoms with Crippen LogP contribution in [0, 0.1) is 24.2 Å². The van der Waals surface area contributed by atoms with Crippen molar-refractivity contribution < 1.29 is 5.11 Å². The van der Waals surface area contributed by atoms with E-state index in [-0.39, 0.29) is 5.41 Å². The van der Waals surface area contributed by atoms with Crippen LogP contribution in [0.4, 0.5) is 0 Å². The normalized spacial score (nSPS) is 33.3. The van der Waals surface area contributed by atoms with E-state index in [1.54, 1.807) is 0 Å². The van der Waals surface area contributed by atoms with Crippen molar-refractivity contribution in [3.8, 4) is 0 Å². The predicted octanol–water partition coefficient (Wildman–Crippen LogP) is 3.21. The molecule has 0 saturated heterocycles. The SMILES string of the molecule is CCn1nc(C)c(Cl)c1CC1(CO)CC2CCC1C2. The number of rotatable bonds is 4. The van der Waals surface area contributed by atoms with Crippen LogP contribution < -0.4 is 0 Å². The van der Waals surface area contributed by atoms with Crippen LogP contribution in [0.5, 0.6) is 0 Å². The molecule has 1 aromatic rings. The molecule has 0 spiro atoms. The number of aryl methyl sites for hydroxylation is 2. The van der Waals surface area contributed by atoms with Crippen molar-refractivity contribution >= 4 is 11.6 Å². The van der Waals surface area contributed by atoms with Gasteiger partial charge in [-0.2, -0.15) is 5.10 Å². The maximum atomic E-state index is 9.99. The van der Waals surface area contributed by atoms with Gasteiger partial charge < -0.3 is 5.11 Å². The Morgan fingerprint density at radius 2 is 2.26 bits per heavy atom. The number of hydrogen-bond donors (Lipinski definition) is 1. The van der Waals surface area contributed by atoms with E-state index in [4.69, 9.17) is 11.6 Å². The van der Waals surface area contributed by atoms with Gasteiger partial charge in [0.05, 0.1) is 16.4 Å². The van der Waals surface area contributed by atoms with Gasteiger partial charge in [0.2, 0.25) is 0 Å². The van der Waals surface area contributed by atoms with Crippen molar-refractivity contribution in [1.82, 2.24) is 9.78 Å². The topological polar surface area (TPSA) is 38.0 Å². The van der Waals surface area contributed by atoms with Crippen molar-refractivity contribution in [2.24, 2.45) is 17.3 Å². The maximum absolute atomic E-state index is 9.99. The number of fused-ring (bicyclic) bond motifs is 2. The second-order valence-electron chi connectivity index (χ2n) is 6.44. The summed E-state index contributed by atoms with van der Waals surface area (Å²) in [5, 5.41) is 15.3. The molecule has 1 aromatic heterocycles. The van der Waals surface area contributed by atoms with Crippen molar-refractivity contribution in [1.29, 1.82) is 0 Å². The first-order valence-corrected chi connectivity index (χ1v) is 7.80. The summed E-state index contributed by atoms with van der Waals surface area (Å²) in [5.41, 5.74) is 2.10. The molecule has 2 saturated carbocycles. The van der Waals surface area contributed by atoms with Crippen LogP contribution in [-0.4, -0.2) is 21.5 Å². The summed E-state index contributed by atoms with van der Waals surface area (Å²) in [6, 6.07) is 0. The Morgan fingerprint density at radius 1 is 1.47 bits per heavy atom. The van der Waals surface area contributed by atoms with Crippen LogP contribution in [0.3, 0.4) is 0 Å². The average Bonchev–Trinajstić information content (AvgIpc) is 3.08. The zero-order chi connectivity index (χ0) is 13.6. The van der Waals surface area contributed by atoms with Crippen LogP contribution in [0.1, 0.15) is 44.0 Å².